The van der Waals surface area contributed by atoms with E-state index < -0.39 is 17.7 Å². The Morgan fingerprint density at radius 2 is 2.14 bits per heavy atom. The molecule has 0 aliphatic carbocycles. The van der Waals surface area contributed by atoms with Crippen LogP contribution in [0.1, 0.15) is 37.8 Å². The van der Waals surface area contributed by atoms with Gasteiger partial charge in [-0.25, -0.2) is 8.78 Å². The lowest BCUT2D eigenvalue weighted by molar-refractivity contribution is -0.123. The number of halogens is 2. The zero-order valence-corrected chi connectivity index (χ0v) is 17.0. The van der Waals surface area contributed by atoms with Crippen LogP contribution >= 0.6 is 11.3 Å². The van der Waals surface area contributed by atoms with Crippen LogP contribution in [0.5, 0.6) is 0 Å². The molecule has 1 N–H and O–H groups in total. The highest BCUT2D eigenvalue weighted by atomic mass is 32.1. The first-order valence-electron chi connectivity index (χ1n) is 9.29. The molecule has 3 aromatic rings. The first-order valence-corrected chi connectivity index (χ1v) is 10.2. The number of carbonyl (C=O) groups excluding carboxylic acids is 1. The van der Waals surface area contributed by atoms with Gasteiger partial charge in [0.15, 0.2) is 0 Å². The highest BCUT2D eigenvalue weighted by Crippen LogP contribution is 2.23. The van der Waals surface area contributed by atoms with Gasteiger partial charge in [-0.3, -0.25) is 9.69 Å². The fraction of sp³-hybridized carbons (Fsp3) is 0.350. The van der Waals surface area contributed by atoms with Crippen LogP contribution in [0.25, 0.3) is 10.8 Å². The van der Waals surface area contributed by atoms with Crippen LogP contribution in [0.2, 0.25) is 0 Å². The van der Waals surface area contributed by atoms with Crippen molar-refractivity contribution < 1.29 is 18.0 Å². The van der Waals surface area contributed by atoms with Crippen LogP contribution in [0.3, 0.4) is 0 Å². The molecule has 154 valence electrons. The normalized spacial score (nSPS) is 12.3. The number of benzene rings is 1. The Morgan fingerprint density at radius 1 is 1.31 bits per heavy atom. The Balaban J connectivity index is 1.60. The summed E-state index contributed by atoms with van der Waals surface area (Å²) in [5.41, 5.74) is 0.235. The lowest BCUT2D eigenvalue weighted by Gasteiger charge is -2.21. The maximum Gasteiger partial charge on any atom is 0.257 e. The van der Waals surface area contributed by atoms with Gasteiger partial charge >= 0.3 is 0 Å². The second kappa shape index (κ2) is 9.71. The summed E-state index contributed by atoms with van der Waals surface area (Å²) >= 11 is 1.51. The van der Waals surface area contributed by atoms with E-state index in [2.05, 4.69) is 15.5 Å². The lowest BCUT2D eigenvalue weighted by Crippen LogP contribution is -2.38. The van der Waals surface area contributed by atoms with E-state index in [9.17, 15) is 13.6 Å². The predicted octanol–water partition coefficient (Wildman–Crippen LogP) is 4.17. The SMILES string of the molecule is CCCN(CC(=O)N[C@@H](C)c1ccc(F)cc1F)Cc1nnc(-c2cccs2)o1. The largest absolute Gasteiger partial charge is 0.419 e. The van der Waals surface area contributed by atoms with Gasteiger partial charge in [-0.2, -0.15) is 0 Å². The van der Waals surface area contributed by atoms with Crippen LogP contribution in [-0.4, -0.2) is 34.1 Å². The molecule has 0 aliphatic heterocycles. The van der Waals surface area contributed by atoms with Crippen molar-refractivity contribution in [2.75, 3.05) is 13.1 Å². The number of amides is 1. The fourth-order valence-electron chi connectivity index (χ4n) is 2.96. The molecule has 0 saturated carbocycles. The lowest BCUT2D eigenvalue weighted by atomic mass is 10.1. The van der Waals surface area contributed by atoms with E-state index in [4.69, 9.17) is 4.42 Å². The van der Waals surface area contributed by atoms with Gasteiger partial charge in [-0.15, -0.1) is 21.5 Å². The number of carbonyl (C=O) groups is 1. The van der Waals surface area contributed by atoms with Crippen LogP contribution in [0.15, 0.2) is 40.1 Å². The van der Waals surface area contributed by atoms with Crippen molar-refractivity contribution in [1.82, 2.24) is 20.4 Å². The van der Waals surface area contributed by atoms with E-state index in [0.29, 0.717) is 24.9 Å². The molecular formula is C20H22F2N4O2S. The molecule has 3 rings (SSSR count). The molecule has 1 aromatic carbocycles. The second-order valence-electron chi connectivity index (χ2n) is 6.64. The van der Waals surface area contributed by atoms with E-state index in [0.717, 1.165) is 17.4 Å². The topological polar surface area (TPSA) is 71.3 Å². The zero-order valence-electron chi connectivity index (χ0n) is 16.2. The summed E-state index contributed by atoms with van der Waals surface area (Å²) in [5.74, 6) is -0.730. The quantitative estimate of drug-likeness (QED) is 0.563. The van der Waals surface area contributed by atoms with Gasteiger partial charge < -0.3 is 9.73 Å². The minimum atomic E-state index is -0.685. The molecule has 0 aliphatic rings. The van der Waals surface area contributed by atoms with Gasteiger partial charge in [0.1, 0.15) is 11.6 Å². The third kappa shape index (κ3) is 5.68. The first kappa shape index (κ1) is 21.1. The predicted molar refractivity (Wildman–Crippen MR) is 106 cm³/mol. The molecule has 0 fully saturated rings. The van der Waals surface area contributed by atoms with Gasteiger partial charge in [-0.05, 0) is 37.4 Å². The van der Waals surface area contributed by atoms with Crippen LogP contribution in [-0.2, 0) is 11.3 Å². The average molecular weight is 420 g/mol. The molecule has 0 unspecified atom stereocenters. The Bertz CT molecular complexity index is 946. The van der Waals surface area contributed by atoms with E-state index >= 15 is 0 Å². The monoisotopic (exact) mass is 420 g/mol. The molecular weight excluding hydrogens is 398 g/mol. The highest BCUT2D eigenvalue weighted by Gasteiger charge is 2.18. The maximum atomic E-state index is 13.9. The summed E-state index contributed by atoms with van der Waals surface area (Å²) in [6.45, 7) is 4.75. The molecule has 0 saturated heterocycles. The summed E-state index contributed by atoms with van der Waals surface area (Å²) in [5, 5.41) is 12.8. The fourth-order valence-corrected chi connectivity index (χ4v) is 3.60. The molecule has 9 heteroatoms. The third-order valence-electron chi connectivity index (χ3n) is 4.27. The number of nitrogens with zero attached hydrogens (tertiary/aromatic N) is 3. The standard InChI is InChI=1S/C20H22F2N4O2S/c1-3-8-26(12-19-24-25-20(28-19)17-5-4-9-29-17)11-18(27)23-13(2)15-7-6-14(21)10-16(15)22/h4-7,9-10,13H,3,8,11-12H2,1-2H3,(H,23,27)/t13-/m0/s1. The molecule has 1 atom stereocenters. The van der Waals surface area contributed by atoms with E-state index in [1.807, 2.05) is 29.3 Å². The Kier molecular flexibility index (Phi) is 7.05. The van der Waals surface area contributed by atoms with Crippen molar-refractivity contribution >= 4 is 17.2 Å². The van der Waals surface area contributed by atoms with Crippen molar-refractivity contribution in [2.45, 2.75) is 32.9 Å². The number of thiophene rings is 1. The van der Waals surface area contributed by atoms with Crippen molar-refractivity contribution in [3.8, 4) is 10.8 Å². The number of rotatable bonds is 9. The smallest absolute Gasteiger partial charge is 0.257 e. The highest BCUT2D eigenvalue weighted by molar-refractivity contribution is 7.13. The van der Waals surface area contributed by atoms with Gasteiger partial charge in [-0.1, -0.05) is 19.1 Å². The molecule has 0 radical (unpaired) electrons. The Hall–Kier alpha value is -2.65. The second-order valence-corrected chi connectivity index (χ2v) is 7.59. The van der Waals surface area contributed by atoms with Crippen molar-refractivity contribution in [1.29, 1.82) is 0 Å². The van der Waals surface area contributed by atoms with Crippen molar-refractivity contribution in [3.05, 3.63) is 58.8 Å². The Morgan fingerprint density at radius 3 is 2.83 bits per heavy atom. The van der Waals surface area contributed by atoms with Crippen molar-refractivity contribution in [3.63, 3.8) is 0 Å². The van der Waals surface area contributed by atoms with Crippen molar-refractivity contribution in [2.24, 2.45) is 0 Å². The minimum Gasteiger partial charge on any atom is -0.419 e. The summed E-state index contributed by atoms with van der Waals surface area (Å²) in [6, 6.07) is 6.54. The summed E-state index contributed by atoms with van der Waals surface area (Å²) in [6.07, 6.45) is 0.835. The summed E-state index contributed by atoms with van der Waals surface area (Å²) < 4.78 is 32.7. The van der Waals surface area contributed by atoms with E-state index in [1.54, 1.807) is 6.92 Å². The van der Waals surface area contributed by atoms with Crippen LogP contribution < -0.4 is 5.32 Å². The summed E-state index contributed by atoms with van der Waals surface area (Å²) in [4.78, 5) is 15.2. The molecule has 2 aromatic heterocycles. The molecule has 6 nitrogen and oxygen atoms in total. The van der Waals surface area contributed by atoms with E-state index in [1.165, 1.54) is 23.5 Å². The number of aromatic nitrogens is 2. The zero-order chi connectivity index (χ0) is 20.8. The number of nitrogens with one attached hydrogen (secondary N) is 1. The van der Waals surface area contributed by atoms with Gasteiger partial charge in [0.05, 0.1) is 24.0 Å². The van der Waals surface area contributed by atoms with Gasteiger partial charge in [0.2, 0.25) is 11.8 Å². The van der Waals surface area contributed by atoms with E-state index in [-0.39, 0.29) is 18.0 Å². The first-order chi connectivity index (χ1) is 14.0. The molecule has 29 heavy (non-hydrogen) atoms. The maximum absolute atomic E-state index is 13.9. The molecule has 1 amide bonds. The Labute approximate surface area is 171 Å². The van der Waals surface area contributed by atoms with Crippen LogP contribution in [0.4, 0.5) is 8.78 Å². The molecule has 0 bridgehead atoms. The molecule has 0 spiro atoms. The summed E-state index contributed by atoms with van der Waals surface area (Å²) in [7, 11) is 0. The molecule has 2 heterocycles. The number of hydrogen-bond acceptors (Lipinski definition) is 6. The number of hydrogen-bond donors (Lipinski definition) is 1. The average Bonchev–Trinajstić information content (AvgIpc) is 3.33. The van der Waals surface area contributed by atoms with Gasteiger partial charge in [0.25, 0.3) is 5.89 Å². The van der Waals surface area contributed by atoms with Crippen LogP contribution in [0, 0.1) is 11.6 Å². The minimum absolute atomic E-state index is 0.0949. The van der Waals surface area contributed by atoms with Gasteiger partial charge in [0, 0.05) is 11.6 Å². The third-order valence-corrected chi connectivity index (χ3v) is 5.13.